The average molecular weight is 518 g/mol. The van der Waals surface area contributed by atoms with Gasteiger partial charge in [-0.1, -0.05) is 67.9 Å². The molecule has 4 aromatic carbocycles. The van der Waals surface area contributed by atoms with E-state index in [4.69, 9.17) is 9.72 Å². The van der Waals surface area contributed by atoms with Gasteiger partial charge in [-0.3, -0.25) is 4.79 Å². The van der Waals surface area contributed by atoms with Crippen molar-refractivity contribution in [2.24, 2.45) is 0 Å². The highest BCUT2D eigenvalue weighted by molar-refractivity contribution is 5.96. The van der Waals surface area contributed by atoms with E-state index in [0.29, 0.717) is 19.6 Å². The van der Waals surface area contributed by atoms with E-state index in [2.05, 4.69) is 90.4 Å². The number of para-hydroxylation sites is 2. The van der Waals surface area contributed by atoms with Crippen LogP contribution in [0.15, 0.2) is 91.0 Å². The van der Waals surface area contributed by atoms with Crippen LogP contribution in [0.5, 0.6) is 5.75 Å². The van der Waals surface area contributed by atoms with Crippen LogP contribution < -0.4 is 9.64 Å². The summed E-state index contributed by atoms with van der Waals surface area (Å²) in [5.74, 6) is 2.12. The Kier molecular flexibility index (Phi) is 7.31. The molecule has 2 heterocycles. The number of anilines is 1. The molecular formula is C34H35N3O2. The molecular weight excluding hydrogens is 482 g/mol. The van der Waals surface area contributed by atoms with Crippen LogP contribution in [0.25, 0.3) is 21.8 Å². The maximum atomic E-state index is 13.1. The number of hydrogen-bond acceptors (Lipinski definition) is 3. The Bertz CT molecular complexity index is 1590. The topological polar surface area (TPSA) is 47.4 Å². The van der Waals surface area contributed by atoms with Gasteiger partial charge in [0, 0.05) is 31.1 Å². The molecule has 1 aromatic heterocycles. The summed E-state index contributed by atoms with van der Waals surface area (Å²) in [4.78, 5) is 20.1. The van der Waals surface area contributed by atoms with Gasteiger partial charge < -0.3 is 14.2 Å². The van der Waals surface area contributed by atoms with Gasteiger partial charge in [0.1, 0.15) is 11.6 Å². The maximum Gasteiger partial charge on any atom is 0.227 e. The second-order valence-electron chi connectivity index (χ2n) is 10.5. The summed E-state index contributed by atoms with van der Waals surface area (Å²) in [7, 11) is 0. The highest BCUT2D eigenvalue weighted by atomic mass is 16.5. The lowest BCUT2D eigenvalue weighted by Gasteiger charge is -2.18. The van der Waals surface area contributed by atoms with E-state index in [1.54, 1.807) is 0 Å². The van der Waals surface area contributed by atoms with Crippen LogP contribution in [0.2, 0.25) is 0 Å². The largest absolute Gasteiger partial charge is 0.494 e. The zero-order valence-electron chi connectivity index (χ0n) is 22.6. The molecule has 6 rings (SSSR count). The Morgan fingerprint density at radius 3 is 2.54 bits per heavy atom. The Labute approximate surface area is 230 Å². The number of amides is 1. The number of hydrogen-bond donors (Lipinski definition) is 0. The molecule has 1 aliphatic rings. The molecule has 1 saturated heterocycles. The van der Waals surface area contributed by atoms with E-state index in [-0.39, 0.29) is 11.8 Å². The molecule has 5 aromatic rings. The minimum absolute atomic E-state index is 0.0612. The first kappa shape index (κ1) is 25.2. The molecule has 0 saturated carbocycles. The first-order valence-electron chi connectivity index (χ1n) is 14.2. The van der Waals surface area contributed by atoms with Crippen LogP contribution in [0.4, 0.5) is 5.69 Å². The van der Waals surface area contributed by atoms with Crippen molar-refractivity contribution >= 4 is 33.4 Å². The Morgan fingerprint density at radius 1 is 0.897 bits per heavy atom. The van der Waals surface area contributed by atoms with Crippen molar-refractivity contribution in [3.63, 3.8) is 0 Å². The highest BCUT2D eigenvalue weighted by Crippen LogP contribution is 2.33. The van der Waals surface area contributed by atoms with Gasteiger partial charge in [0.2, 0.25) is 5.91 Å². The summed E-state index contributed by atoms with van der Waals surface area (Å²) in [6, 6.07) is 31.4. The average Bonchev–Trinajstić information content (AvgIpc) is 3.54. The third-order valence-electron chi connectivity index (χ3n) is 7.76. The Morgan fingerprint density at radius 2 is 1.69 bits per heavy atom. The lowest BCUT2D eigenvalue weighted by molar-refractivity contribution is -0.117. The summed E-state index contributed by atoms with van der Waals surface area (Å²) in [6.07, 6.45) is 4.79. The smallest absolute Gasteiger partial charge is 0.227 e. The second-order valence-corrected chi connectivity index (χ2v) is 10.5. The molecule has 1 amide bonds. The molecule has 198 valence electrons. The van der Waals surface area contributed by atoms with E-state index >= 15 is 0 Å². The summed E-state index contributed by atoms with van der Waals surface area (Å²) < 4.78 is 8.42. The number of benzene rings is 4. The van der Waals surface area contributed by atoms with E-state index < -0.39 is 0 Å². The van der Waals surface area contributed by atoms with Gasteiger partial charge in [0.25, 0.3) is 0 Å². The molecule has 0 radical (unpaired) electrons. The number of nitrogens with zero attached hydrogens (tertiary/aromatic N) is 3. The molecule has 5 heteroatoms. The highest BCUT2D eigenvalue weighted by Gasteiger charge is 2.34. The fourth-order valence-electron chi connectivity index (χ4n) is 5.66. The van der Waals surface area contributed by atoms with Gasteiger partial charge in [-0.05, 0) is 72.0 Å². The fraction of sp³-hybridized carbons (Fsp3) is 0.294. The number of unbranched alkanes of at least 4 members (excludes halogenated alkanes) is 1. The molecule has 5 nitrogen and oxygen atoms in total. The number of aryl methyl sites for hydroxylation is 2. The maximum absolute atomic E-state index is 13.1. The summed E-state index contributed by atoms with van der Waals surface area (Å²) in [5.41, 5.74) is 4.41. The van der Waals surface area contributed by atoms with Gasteiger partial charge in [-0.2, -0.15) is 0 Å². The Hall–Kier alpha value is -4.12. The normalized spacial score (nSPS) is 15.5. The van der Waals surface area contributed by atoms with Gasteiger partial charge in [-0.25, -0.2) is 4.98 Å². The molecule has 0 spiro atoms. The lowest BCUT2D eigenvalue weighted by atomic mass is 10.1. The molecule has 0 N–H and O–H groups in total. The monoisotopic (exact) mass is 517 g/mol. The van der Waals surface area contributed by atoms with Crippen LogP contribution in [-0.2, 0) is 17.8 Å². The molecule has 1 fully saturated rings. The number of carbonyl (C=O) groups is 1. The third kappa shape index (κ3) is 5.40. The molecule has 1 aliphatic heterocycles. The molecule has 1 unspecified atom stereocenters. The zero-order valence-corrected chi connectivity index (χ0v) is 22.6. The standard InChI is InChI=1S/C34H35N3O2/c1-2-3-9-25-14-17-29(18-15-25)37-24-28(23-33(37)38)34-35-31-12-6-7-13-32(31)36(34)20-8-21-39-30-19-16-26-10-4-5-11-27(26)22-30/h4-7,10-19,22,28H,2-3,8-9,20-21,23-24H2,1H3. The van der Waals surface area contributed by atoms with E-state index in [1.807, 2.05) is 17.0 Å². The van der Waals surface area contributed by atoms with E-state index in [9.17, 15) is 4.79 Å². The Balaban J connectivity index is 1.16. The second kappa shape index (κ2) is 11.3. The van der Waals surface area contributed by atoms with Gasteiger partial charge in [-0.15, -0.1) is 0 Å². The number of fused-ring (bicyclic) bond motifs is 2. The predicted octanol–water partition coefficient (Wildman–Crippen LogP) is 7.52. The van der Waals surface area contributed by atoms with Crippen LogP contribution in [-0.4, -0.2) is 28.6 Å². The quantitative estimate of drug-likeness (QED) is 0.180. The van der Waals surface area contributed by atoms with Crippen LogP contribution in [0.3, 0.4) is 0 Å². The van der Waals surface area contributed by atoms with E-state index in [1.165, 1.54) is 29.2 Å². The van der Waals surface area contributed by atoms with Gasteiger partial charge in [0.05, 0.1) is 17.6 Å². The minimum Gasteiger partial charge on any atom is -0.494 e. The lowest BCUT2D eigenvalue weighted by Crippen LogP contribution is -2.24. The fourth-order valence-corrected chi connectivity index (χ4v) is 5.66. The number of aromatic nitrogens is 2. The number of carbonyl (C=O) groups excluding carboxylic acids is 1. The minimum atomic E-state index is 0.0612. The first-order chi connectivity index (χ1) is 19.2. The van der Waals surface area contributed by atoms with Crippen molar-refractivity contribution in [2.45, 2.75) is 51.5 Å². The SMILES string of the molecule is CCCCc1ccc(N2CC(c3nc4ccccc4n3CCCOc3ccc4ccccc4c3)CC2=O)cc1. The summed E-state index contributed by atoms with van der Waals surface area (Å²) in [5, 5.41) is 2.40. The van der Waals surface area contributed by atoms with Crippen molar-refractivity contribution in [2.75, 3.05) is 18.1 Å². The zero-order chi connectivity index (χ0) is 26.6. The number of imidazole rings is 1. The summed E-state index contributed by atoms with van der Waals surface area (Å²) >= 11 is 0. The van der Waals surface area contributed by atoms with E-state index in [0.717, 1.165) is 47.7 Å². The van der Waals surface area contributed by atoms with Crippen LogP contribution in [0, 0.1) is 0 Å². The van der Waals surface area contributed by atoms with Crippen molar-refractivity contribution < 1.29 is 9.53 Å². The number of rotatable bonds is 10. The van der Waals surface area contributed by atoms with Crippen molar-refractivity contribution in [1.82, 2.24) is 9.55 Å². The first-order valence-corrected chi connectivity index (χ1v) is 14.2. The van der Waals surface area contributed by atoms with Crippen molar-refractivity contribution in [1.29, 1.82) is 0 Å². The van der Waals surface area contributed by atoms with Crippen LogP contribution >= 0.6 is 0 Å². The van der Waals surface area contributed by atoms with Gasteiger partial charge in [0.15, 0.2) is 0 Å². The van der Waals surface area contributed by atoms with Crippen LogP contribution in [0.1, 0.15) is 49.9 Å². The number of ether oxygens (including phenoxy) is 1. The van der Waals surface area contributed by atoms with Crippen molar-refractivity contribution in [3.8, 4) is 5.75 Å². The molecule has 0 aliphatic carbocycles. The molecule has 1 atom stereocenters. The third-order valence-corrected chi connectivity index (χ3v) is 7.76. The predicted molar refractivity (Wildman–Crippen MR) is 159 cm³/mol. The van der Waals surface area contributed by atoms with Gasteiger partial charge >= 0.3 is 0 Å². The molecule has 0 bridgehead atoms. The summed E-state index contributed by atoms with van der Waals surface area (Å²) in [6.45, 7) is 4.28. The van der Waals surface area contributed by atoms with Crippen molar-refractivity contribution in [3.05, 3.63) is 102 Å². The molecule has 39 heavy (non-hydrogen) atoms.